The third-order valence-corrected chi connectivity index (χ3v) is 2.72. The molecule has 0 aliphatic heterocycles. The standard InChI is InChI=1S/C14H15F2N3O2/c1-3-4-17-13-10(15)6-9(7-11(13)16)14(20)18-12-5-8(2)19-21-12/h5-7,17H,3-4H2,1-2H3,(H,18,20). The number of amides is 1. The second-order valence-electron chi connectivity index (χ2n) is 4.53. The predicted molar refractivity (Wildman–Crippen MR) is 74.3 cm³/mol. The first-order valence-corrected chi connectivity index (χ1v) is 6.49. The molecular formula is C14H15F2N3O2. The number of nitrogens with one attached hydrogen (secondary N) is 2. The number of aromatic nitrogens is 1. The highest BCUT2D eigenvalue weighted by Gasteiger charge is 2.16. The van der Waals surface area contributed by atoms with Crippen molar-refractivity contribution in [3.8, 4) is 0 Å². The lowest BCUT2D eigenvalue weighted by Gasteiger charge is -2.09. The van der Waals surface area contributed by atoms with Gasteiger partial charge in [0.05, 0.1) is 5.69 Å². The molecule has 112 valence electrons. The minimum absolute atomic E-state index is 0.117. The molecule has 0 saturated heterocycles. The van der Waals surface area contributed by atoms with Gasteiger partial charge in [0.2, 0.25) is 5.88 Å². The van der Waals surface area contributed by atoms with Gasteiger partial charge in [0.15, 0.2) is 0 Å². The molecule has 0 fully saturated rings. The van der Waals surface area contributed by atoms with Crippen molar-refractivity contribution in [2.75, 3.05) is 17.2 Å². The van der Waals surface area contributed by atoms with Crippen molar-refractivity contribution in [2.24, 2.45) is 0 Å². The molecule has 0 atom stereocenters. The van der Waals surface area contributed by atoms with Crippen LogP contribution in [0.15, 0.2) is 22.7 Å². The lowest BCUT2D eigenvalue weighted by molar-refractivity contribution is 0.102. The Hall–Kier alpha value is -2.44. The molecule has 2 N–H and O–H groups in total. The molecule has 1 amide bonds. The van der Waals surface area contributed by atoms with E-state index in [0.717, 1.165) is 18.6 Å². The SMILES string of the molecule is CCCNc1c(F)cc(C(=O)Nc2cc(C)no2)cc1F. The van der Waals surface area contributed by atoms with E-state index in [1.165, 1.54) is 6.07 Å². The van der Waals surface area contributed by atoms with Crippen molar-refractivity contribution in [1.29, 1.82) is 0 Å². The maximum absolute atomic E-state index is 13.8. The summed E-state index contributed by atoms with van der Waals surface area (Å²) in [4.78, 5) is 11.9. The van der Waals surface area contributed by atoms with Gasteiger partial charge in [0.25, 0.3) is 5.91 Å². The van der Waals surface area contributed by atoms with E-state index in [2.05, 4.69) is 15.8 Å². The fourth-order valence-electron chi connectivity index (χ4n) is 1.73. The smallest absolute Gasteiger partial charge is 0.258 e. The predicted octanol–water partition coefficient (Wildman–Crippen LogP) is 3.34. The molecule has 21 heavy (non-hydrogen) atoms. The lowest BCUT2D eigenvalue weighted by Crippen LogP contribution is -2.13. The number of hydrogen-bond donors (Lipinski definition) is 2. The van der Waals surface area contributed by atoms with Gasteiger partial charge >= 0.3 is 0 Å². The van der Waals surface area contributed by atoms with Gasteiger partial charge in [-0.15, -0.1) is 0 Å². The second kappa shape index (κ2) is 6.34. The third kappa shape index (κ3) is 3.56. The van der Waals surface area contributed by atoms with Crippen LogP contribution in [0.2, 0.25) is 0 Å². The summed E-state index contributed by atoms with van der Waals surface area (Å²) in [6, 6.07) is 3.45. The number of benzene rings is 1. The van der Waals surface area contributed by atoms with Crippen LogP contribution in [0.4, 0.5) is 20.4 Å². The molecule has 0 aliphatic carbocycles. The first-order valence-electron chi connectivity index (χ1n) is 6.49. The molecule has 1 aromatic carbocycles. The second-order valence-corrected chi connectivity index (χ2v) is 4.53. The van der Waals surface area contributed by atoms with Crippen molar-refractivity contribution < 1.29 is 18.1 Å². The van der Waals surface area contributed by atoms with Gasteiger partial charge in [-0.25, -0.2) is 8.78 Å². The van der Waals surface area contributed by atoms with E-state index >= 15 is 0 Å². The summed E-state index contributed by atoms with van der Waals surface area (Å²) in [6.07, 6.45) is 0.728. The highest BCUT2D eigenvalue weighted by molar-refractivity contribution is 6.03. The van der Waals surface area contributed by atoms with Crippen molar-refractivity contribution in [1.82, 2.24) is 5.16 Å². The van der Waals surface area contributed by atoms with Gasteiger partial charge in [-0.2, -0.15) is 0 Å². The molecule has 0 bridgehead atoms. The molecule has 0 spiro atoms. The van der Waals surface area contributed by atoms with Gasteiger partial charge in [0.1, 0.15) is 17.3 Å². The zero-order chi connectivity index (χ0) is 15.4. The van der Waals surface area contributed by atoms with E-state index in [9.17, 15) is 13.6 Å². The molecule has 5 nitrogen and oxygen atoms in total. The minimum atomic E-state index is -0.817. The zero-order valence-electron chi connectivity index (χ0n) is 11.7. The zero-order valence-corrected chi connectivity index (χ0v) is 11.7. The number of carbonyl (C=O) groups excluding carboxylic acids is 1. The average Bonchev–Trinajstić information content (AvgIpc) is 2.83. The van der Waals surface area contributed by atoms with Crippen LogP contribution in [0.25, 0.3) is 0 Å². The summed E-state index contributed by atoms with van der Waals surface area (Å²) in [6.45, 7) is 4.01. The highest BCUT2D eigenvalue weighted by atomic mass is 19.1. The number of hydrogen-bond acceptors (Lipinski definition) is 4. The molecule has 0 aliphatic rings. The summed E-state index contributed by atoms with van der Waals surface area (Å²) in [5.41, 5.74) is 0.215. The minimum Gasteiger partial charge on any atom is -0.380 e. The summed E-state index contributed by atoms with van der Waals surface area (Å²) in [5.74, 6) is -2.19. The van der Waals surface area contributed by atoms with Crippen molar-refractivity contribution >= 4 is 17.5 Å². The van der Waals surface area contributed by atoms with Crippen LogP contribution in [-0.4, -0.2) is 17.6 Å². The van der Waals surface area contributed by atoms with Gasteiger partial charge in [-0.1, -0.05) is 12.1 Å². The van der Waals surface area contributed by atoms with E-state index in [1.54, 1.807) is 6.92 Å². The van der Waals surface area contributed by atoms with E-state index in [1.807, 2.05) is 6.92 Å². The van der Waals surface area contributed by atoms with Gasteiger partial charge in [-0.05, 0) is 25.5 Å². The Balaban J connectivity index is 2.18. The van der Waals surface area contributed by atoms with Crippen LogP contribution < -0.4 is 10.6 Å². The number of aryl methyl sites for hydroxylation is 1. The van der Waals surface area contributed by atoms with E-state index in [4.69, 9.17) is 4.52 Å². The van der Waals surface area contributed by atoms with Crippen molar-refractivity contribution in [3.63, 3.8) is 0 Å². The van der Waals surface area contributed by atoms with Crippen LogP contribution in [-0.2, 0) is 0 Å². The third-order valence-electron chi connectivity index (χ3n) is 2.72. The fraction of sp³-hybridized carbons (Fsp3) is 0.286. The first kappa shape index (κ1) is 15.0. The van der Waals surface area contributed by atoms with Crippen molar-refractivity contribution in [2.45, 2.75) is 20.3 Å². The molecule has 2 aromatic rings. The van der Waals surface area contributed by atoms with Gasteiger partial charge in [0, 0.05) is 18.2 Å². The summed E-state index contributed by atoms with van der Waals surface area (Å²) < 4.78 is 32.5. The quantitative estimate of drug-likeness (QED) is 0.887. The van der Waals surface area contributed by atoms with Crippen LogP contribution in [0.3, 0.4) is 0 Å². The molecule has 2 rings (SSSR count). The molecule has 0 saturated carbocycles. The topological polar surface area (TPSA) is 67.2 Å². The van der Waals surface area contributed by atoms with E-state index in [0.29, 0.717) is 12.2 Å². The molecule has 1 heterocycles. The maximum Gasteiger partial charge on any atom is 0.258 e. The van der Waals surface area contributed by atoms with Crippen LogP contribution >= 0.6 is 0 Å². The Kier molecular flexibility index (Phi) is 4.52. The van der Waals surface area contributed by atoms with Crippen LogP contribution in [0, 0.1) is 18.6 Å². The summed E-state index contributed by atoms with van der Waals surface area (Å²) in [5, 5.41) is 8.61. The van der Waals surface area contributed by atoms with E-state index < -0.39 is 17.5 Å². The highest BCUT2D eigenvalue weighted by Crippen LogP contribution is 2.21. The number of anilines is 2. The lowest BCUT2D eigenvalue weighted by atomic mass is 10.1. The molecule has 1 aromatic heterocycles. The van der Waals surface area contributed by atoms with Crippen LogP contribution in [0.1, 0.15) is 29.4 Å². The van der Waals surface area contributed by atoms with Gasteiger partial charge in [-0.3, -0.25) is 10.1 Å². The van der Waals surface area contributed by atoms with E-state index in [-0.39, 0.29) is 17.1 Å². The first-order chi connectivity index (χ1) is 10.0. The van der Waals surface area contributed by atoms with Crippen LogP contribution in [0.5, 0.6) is 0 Å². The number of carbonyl (C=O) groups is 1. The fourth-order valence-corrected chi connectivity index (χ4v) is 1.73. The monoisotopic (exact) mass is 295 g/mol. The average molecular weight is 295 g/mol. The Labute approximate surface area is 120 Å². The Morgan fingerprint density at radius 1 is 1.29 bits per heavy atom. The molecule has 0 radical (unpaired) electrons. The number of halogens is 2. The maximum atomic E-state index is 13.8. The van der Waals surface area contributed by atoms with Gasteiger partial charge < -0.3 is 9.84 Å². The Morgan fingerprint density at radius 3 is 2.48 bits per heavy atom. The number of rotatable bonds is 5. The molecule has 0 unspecified atom stereocenters. The summed E-state index contributed by atoms with van der Waals surface area (Å²) >= 11 is 0. The molecule has 7 heteroatoms. The molecular weight excluding hydrogens is 280 g/mol. The van der Waals surface area contributed by atoms with Crippen molar-refractivity contribution in [3.05, 3.63) is 41.1 Å². The Bertz CT molecular complexity index is 632. The number of nitrogens with zero attached hydrogens (tertiary/aromatic N) is 1. The summed E-state index contributed by atoms with van der Waals surface area (Å²) in [7, 11) is 0. The largest absolute Gasteiger partial charge is 0.380 e. The normalized spacial score (nSPS) is 10.5. The Morgan fingerprint density at radius 2 is 1.95 bits per heavy atom.